The van der Waals surface area contributed by atoms with Crippen molar-refractivity contribution in [2.75, 3.05) is 13.7 Å². The fraction of sp³-hybridized carbons (Fsp3) is 0.385. The number of alkyl halides is 4. The van der Waals surface area contributed by atoms with Crippen molar-refractivity contribution < 1.29 is 31.9 Å². The number of nitrogens with one attached hydrogen (secondary N) is 2. The third kappa shape index (κ3) is 4.90. The van der Waals surface area contributed by atoms with E-state index in [0.29, 0.717) is 0 Å². The van der Waals surface area contributed by atoms with Crippen LogP contribution in [0.1, 0.15) is 11.6 Å². The van der Waals surface area contributed by atoms with Crippen LogP contribution in [0.15, 0.2) is 24.3 Å². The van der Waals surface area contributed by atoms with Crippen molar-refractivity contribution in [3.05, 3.63) is 29.8 Å². The molecule has 2 N–H and O–H groups in total. The van der Waals surface area contributed by atoms with E-state index in [1.807, 2.05) is 10.6 Å². The van der Waals surface area contributed by atoms with Crippen LogP contribution in [0.5, 0.6) is 5.75 Å². The van der Waals surface area contributed by atoms with Gasteiger partial charge in [0.15, 0.2) is 0 Å². The molecule has 5 nitrogen and oxygen atoms in total. The van der Waals surface area contributed by atoms with Crippen molar-refractivity contribution in [2.24, 2.45) is 0 Å². The van der Waals surface area contributed by atoms with Gasteiger partial charge in [0, 0.05) is 12.1 Å². The monoisotopic (exact) mass is 322 g/mol. The summed E-state index contributed by atoms with van der Waals surface area (Å²) in [5.41, 5.74) is 0.272. The van der Waals surface area contributed by atoms with Crippen LogP contribution in [-0.4, -0.2) is 38.3 Å². The Balaban J connectivity index is 2.95. The summed E-state index contributed by atoms with van der Waals surface area (Å²) >= 11 is 0. The molecule has 22 heavy (non-hydrogen) atoms. The molecule has 0 fully saturated rings. The summed E-state index contributed by atoms with van der Waals surface area (Å²) < 4.78 is 54.1. The molecule has 0 saturated heterocycles. The Hall–Kier alpha value is -2.32. The summed E-state index contributed by atoms with van der Waals surface area (Å²) in [7, 11) is 1.32. The Morgan fingerprint density at radius 3 is 2.23 bits per heavy atom. The number of methoxy groups -OCH3 is 1. The lowest BCUT2D eigenvalue weighted by atomic mass is 10.1. The van der Waals surface area contributed by atoms with Gasteiger partial charge in [-0.25, -0.2) is 0 Å². The Kier molecular flexibility index (Phi) is 6.61. The normalized spacial score (nSPS) is 12.1. The zero-order valence-electron chi connectivity index (χ0n) is 11.5. The summed E-state index contributed by atoms with van der Waals surface area (Å²) in [6, 6.07) is 4.98. The minimum atomic E-state index is -3.27. The van der Waals surface area contributed by atoms with Gasteiger partial charge in [-0.05, 0) is 6.07 Å². The Morgan fingerprint density at radius 2 is 1.68 bits per heavy atom. The van der Waals surface area contributed by atoms with E-state index < -0.39 is 37.3 Å². The summed E-state index contributed by atoms with van der Waals surface area (Å²) in [5.74, 6) is -2.89. The molecule has 0 bridgehead atoms. The van der Waals surface area contributed by atoms with Crippen LogP contribution in [0, 0.1) is 0 Å². The zero-order valence-corrected chi connectivity index (χ0v) is 11.5. The van der Waals surface area contributed by atoms with Gasteiger partial charge in [-0.15, -0.1) is 0 Å². The summed E-state index contributed by atoms with van der Waals surface area (Å²) in [6.07, 6.45) is -6.52. The highest BCUT2D eigenvalue weighted by Gasteiger charge is 2.25. The first-order valence-electron chi connectivity index (χ1n) is 6.14. The van der Waals surface area contributed by atoms with Gasteiger partial charge in [0.25, 0.3) is 11.8 Å². The highest BCUT2D eigenvalue weighted by Crippen LogP contribution is 2.24. The Bertz CT molecular complexity index is 526. The minimum absolute atomic E-state index is 0.258. The van der Waals surface area contributed by atoms with Crippen molar-refractivity contribution in [2.45, 2.75) is 18.9 Å². The first-order valence-corrected chi connectivity index (χ1v) is 6.14. The fourth-order valence-corrected chi connectivity index (χ4v) is 1.71. The first-order chi connectivity index (χ1) is 10.4. The number of benzene rings is 1. The molecule has 0 saturated carbocycles. The number of hydrogen-bond donors (Lipinski definition) is 2. The molecule has 9 heteroatoms. The van der Waals surface area contributed by atoms with Crippen molar-refractivity contribution in [3.63, 3.8) is 0 Å². The molecule has 0 spiro atoms. The molecule has 0 radical (unpaired) electrons. The van der Waals surface area contributed by atoms with Crippen LogP contribution >= 0.6 is 0 Å². The number of amides is 2. The summed E-state index contributed by atoms with van der Waals surface area (Å²) in [4.78, 5) is 22.0. The van der Waals surface area contributed by atoms with E-state index in [2.05, 4.69) is 0 Å². The molecule has 0 unspecified atom stereocenters. The minimum Gasteiger partial charge on any atom is -0.496 e. The van der Waals surface area contributed by atoms with Crippen molar-refractivity contribution in [3.8, 4) is 5.75 Å². The van der Waals surface area contributed by atoms with Crippen LogP contribution in [0.4, 0.5) is 17.6 Å². The lowest BCUT2D eigenvalue weighted by Gasteiger charge is -2.21. The molecular formula is C13H14F4N2O3. The molecular weight excluding hydrogens is 308 g/mol. The van der Waals surface area contributed by atoms with Crippen LogP contribution < -0.4 is 15.4 Å². The average Bonchev–Trinajstić information content (AvgIpc) is 2.50. The molecule has 0 aliphatic rings. The Morgan fingerprint density at radius 1 is 1.09 bits per heavy atom. The van der Waals surface area contributed by atoms with Crippen molar-refractivity contribution in [1.29, 1.82) is 0 Å². The maximum absolute atomic E-state index is 12.4. The maximum atomic E-state index is 12.4. The zero-order chi connectivity index (χ0) is 16.7. The second kappa shape index (κ2) is 8.20. The molecule has 0 aliphatic carbocycles. The number of ether oxygens (including phenoxy) is 1. The molecule has 1 rings (SSSR count). The highest BCUT2D eigenvalue weighted by molar-refractivity contribution is 5.80. The smallest absolute Gasteiger partial charge is 0.315 e. The fourth-order valence-electron chi connectivity index (χ4n) is 1.71. The number of carbonyl (C=O) groups is 2. The molecule has 122 valence electrons. The van der Waals surface area contributed by atoms with E-state index in [-0.39, 0.29) is 11.3 Å². The highest BCUT2D eigenvalue weighted by atomic mass is 19.3. The summed E-state index contributed by atoms with van der Waals surface area (Å²) in [5, 5.41) is 3.85. The topological polar surface area (TPSA) is 67.4 Å². The van der Waals surface area contributed by atoms with Gasteiger partial charge in [-0.1, -0.05) is 18.2 Å². The predicted molar refractivity (Wildman–Crippen MR) is 68.9 cm³/mol. The largest absolute Gasteiger partial charge is 0.496 e. The van der Waals surface area contributed by atoms with Crippen LogP contribution in [-0.2, 0) is 9.59 Å². The number of halogens is 4. The number of rotatable bonds is 7. The van der Waals surface area contributed by atoms with E-state index in [0.717, 1.165) is 0 Å². The second-order valence-electron chi connectivity index (χ2n) is 4.15. The van der Waals surface area contributed by atoms with Crippen molar-refractivity contribution >= 4 is 11.8 Å². The standard InChI is InChI=1S/C13H14F4N2O3/c1-22-9-5-3-2-4-7(9)8(19-13(21)11(16)17)6-18-12(20)10(14)15/h2-5,8,10-11H,6H2,1H3,(H,18,20)(H,19,21)/t8-/m0/s1. The quantitative estimate of drug-likeness (QED) is 0.748. The van der Waals surface area contributed by atoms with Gasteiger partial charge in [0.1, 0.15) is 5.75 Å². The van der Waals surface area contributed by atoms with Gasteiger partial charge in [0.05, 0.1) is 13.2 Å². The molecule has 1 aromatic rings. The van der Waals surface area contributed by atoms with Crippen LogP contribution in [0.3, 0.4) is 0 Å². The number of para-hydroxylation sites is 1. The van der Waals surface area contributed by atoms with E-state index in [1.165, 1.54) is 19.2 Å². The molecule has 0 aliphatic heterocycles. The third-order valence-corrected chi connectivity index (χ3v) is 2.71. The van der Waals surface area contributed by atoms with Gasteiger partial charge in [-0.2, -0.15) is 17.6 Å². The van der Waals surface area contributed by atoms with Gasteiger partial charge in [-0.3, -0.25) is 9.59 Å². The molecule has 0 heterocycles. The molecule has 0 aromatic heterocycles. The summed E-state index contributed by atoms with van der Waals surface area (Å²) in [6.45, 7) is -0.484. The van der Waals surface area contributed by atoms with E-state index in [1.54, 1.807) is 12.1 Å². The molecule has 2 amide bonds. The second-order valence-corrected chi connectivity index (χ2v) is 4.15. The number of carbonyl (C=O) groups excluding carboxylic acids is 2. The van der Waals surface area contributed by atoms with Gasteiger partial charge >= 0.3 is 12.9 Å². The lowest BCUT2D eigenvalue weighted by molar-refractivity contribution is -0.134. The third-order valence-electron chi connectivity index (χ3n) is 2.71. The SMILES string of the molecule is COc1ccccc1[C@H](CNC(=O)C(F)F)NC(=O)C(F)F. The van der Waals surface area contributed by atoms with Gasteiger partial charge < -0.3 is 15.4 Å². The maximum Gasteiger partial charge on any atom is 0.315 e. The van der Waals surface area contributed by atoms with Crippen molar-refractivity contribution in [1.82, 2.24) is 10.6 Å². The number of hydrogen-bond acceptors (Lipinski definition) is 3. The van der Waals surface area contributed by atoms with E-state index in [4.69, 9.17) is 4.74 Å². The Labute approximate surface area is 123 Å². The average molecular weight is 322 g/mol. The lowest BCUT2D eigenvalue weighted by Crippen LogP contribution is -2.41. The predicted octanol–water partition coefficient (Wildman–Crippen LogP) is 1.50. The van der Waals surface area contributed by atoms with Crippen LogP contribution in [0.2, 0.25) is 0 Å². The van der Waals surface area contributed by atoms with Gasteiger partial charge in [0.2, 0.25) is 0 Å². The van der Waals surface area contributed by atoms with E-state index in [9.17, 15) is 27.2 Å². The first kappa shape index (κ1) is 17.7. The molecule has 1 aromatic carbocycles. The van der Waals surface area contributed by atoms with E-state index >= 15 is 0 Å². The van der Waals surface area contributed by atoms with Crippen LogP contribution in [0.25, 0.3) is 0 Å². The molecule has 1 atom stereocenters.